The lowest BCUT2D eigenvalue weighted by molar-refractivity contribution is -0.131. The van der Waals surface area contributed by atoms with Crippen LogP contribution in [0.5, 0.6) is 0 Å². The number of hydrogen-bond acceptors (Lipinski definition) is 7. The maximum absolute atomic E-state index is 13.4. The predicted molar refractivity (Wildman–Crippen MR) is 125 cm³/mol. The molecule has 1 fully saturated rings. The van der Waals surface area contributed by atoms with Gasteiger partial charge < -0.3 is 15.3 Å². The van der Waals surface area contributed by atoms with E-state index in [1.165, 1.54) is 0 Å². The summed E-state index contributed by atoms with van der Waals surface area (Å²) >= 11 is 0. The molecule has 1 saturated heterocycles. The molecule has 0 spiro atoms. The van der Waals surface area contributed by atoms with Crippen LogP contribution in [0.15, 0.2) is 42.5 Å². The molecule has 2 aliphatic heterocycles. The van der Waals surface area contributed by atoms with Crippen LogP contribution in [0, 0.1) is 0 Å². The summed E-state index contributed by atoms with van der Waals surface area (Å²) in [5.41, 5.74) is 4.37. The Hall–Kier alpha value is -3.63. The summed E-state index contributed by atoms with van der Waals surface area (Å²) in [5.74, 6) is 0.440. The fraction of sp³-hybridized carbons (Fsp3) is 0.375. The molecular formula is C24H27N7O3. The van der Waals surface area contributed by atoms with Crippen molar-refractivity contribution >= 4 is 17.5 Å². The number of nitrogens with one attached hydrogen (secondary N) is 2. The molecule has 10 nitrogen and oxygen atoms in total. The summed E-state index contributed by atoms with van der Waals surface area (Å²) in [6.45, 7) is 1.98. The number of hydrogen-bond donors (Lipinski definition) is 3. The van der Waals surface area contributed by atoms with Gasteiger partial charge in [0.15, 0.2) is 0 Å². The smallest absolute Gasteiger partial charge is 0.228 e. The molecule has 2 amide bonds. The van der Waals surface area contributed by atoms with Gasteiger partial charge in [-0.3, -0.25) is 14.5 Å². The van der Waals surface area contributed by atoms with Crippen LogP contribution < -0.4 is 5.32 Å². The lowest BCUT2D eigenvalue weighted by atomic mass is 10.0. The highest BCUT2D eigenvalue weighted by Gasteiger charge is 2.29. The number of tetrazole rings is 1. The Bertz CT molecular complexity index is 1200. The topological polar surface area (TPSA) is 127 Å². The monoisotopic (exact) mass is 461 g/mol. The summed E-state index contributed by atoms with van der Waals surface area (Å²) < 4.78 is 0. The Labute approximate surface area is 197 Å². The highest BCUT2D eigenvalue weighted by atomic mass is 16.3. The van der Waals surface area contributed by atoms with Crippen molar-refractivity contribution < 1.29 is 14.7 Å². The van der Waals surface area contributed by atoms with Crippen LogP contribution in [-0.2, 0) is 22.4 Å². The summed E-state index contributed by atoms with van der Waals surface area (Å²) in [7, 11) is 1.82. The molecule has 5 rings (SSSR count). The predicted octanol–water partition coefficient (Wildman–Crippen LogP) is 1.17. The van der Waals surface area contributed by atoms with E-state index in [9.17, 15) is 14.7 Å². The number of aliphatic hydroxyl groups excluding tert-OH is 1. The maximum Gasteiger partial charge on any atom is 0.228 e. The zero-order valence-corrected chi connectivity index (χ0v) is 18.9. The molecule has 34 heavy (non-hydrogen) atoms. The first kappa shape index (κ1) is 22.2. The van der Waals surface area contributed by atoms with E-state index in [0.717, 1.165) is 40.9 Å². The maximum atomic E-state index is 13.4. The summed E-state index contributed by atoms with van der Waals surface area (Å²) in [5, 5.41) is 27.1. The molecule has 10 heteroatoms. The Kier molecular flexibility index (Phi) is 6.08. The van der Waals surface area contributed by atoms with Gasteiger partial charge in [-0.25, -0.2) is 0 Å². The quantitative estimate of drug-likeness (QED) is 0.482. The van der Waals surface area contributed by atoms with Gasteiger partial charge in [-0.2, -0.15) is 5.21 Å². The second-order valence-electron chi connectivity index (χ2n) is 8.98. The first-order valence-corrected chi connectivity index (χ1v) is 11.4. The average Bonchev–Trinajstić information content (AvgIpc) is 3.57. The van der Waals surface area contributed by atoms with Crippen molar-refractivity contribution in [2.45, 2.75) is 31.4 Å². The van der Waals surface area contributed by atoms with Crippen LogP contribution in [0.25, 0.3) is 11.4 Å². The van der Waals surface area contributed by atoms with Crippen molar-refractivity contribution in [2.75, 3.05) is 32.0 Å². The van der Waals surface area contributed by atoms with E-state index in [1.54, 1.807) is 4.90 Å². The SMILES string of the molecule is CN(C(=O)Cc1ccc2c(c1)NC(=O)C2)C(CN1CC[C@H](O)C1)c1cccc(-c2nn[nH]n2)c1. The number of anilines is 1. The lowest BCUT2D eigenvalue weighted by Crippen LogP contribution is -2.39. The van der Waals surface area contributed by atoms with Gasteiger partial charge in [-0.05, 0) is 40.5 Å². The molecule has 0 saturated carbocycles. The van der Waals surface area contributed by atoms with E-state index < -0.39 is 0 Å². The molecular weight excluding hydrogens is 434 g/mol. The largest absolute Gasteiger partial charge is 0.392 e. The van der Waals surface area contributed by atoms with Crippen LogP contribution in [0.2, 0.25) is 0 Å². The lowest BCUT2D eigenvalue weighted by Gasteiger charge is -2.32. The van der Waals surface area contributed by atoms with Gasteiger partial charge in [0.05, 0.1) is 25.0 Å². The third-order valence-corrected chi connectivity index (χ3v) is 6.57. The number of aromatic amines is 1. The molecule has 2 atom stereocenters. The summed E-state index contributed by atoms with van der Waals surface area (Å²) in [6.07, 6.45) is 0.996. The molecule has 0 bridgehead atoms. The molecule has 3 N–H and O–H groups in total. The van der Waals surface area contributed by atoms with Gasteiger partial charge in [-0.1, -0.05) is 30.3 Å². The molecule has 0 aliphatic carbocycles. The van der Waals surface area contributed by atoms with Crippen molar-refractivity contribution in [1.29, 1.82) is 0 Å². The highest BCUT2D eigenvalue weighted by Crippen LogP contribution is 2.28. The van der Waals surface area contributed by atoms with Crippen molar-refractivity contribution in [3.05, 3.63) is 59.2 Å². The van der Waals surface area contributed by atoms with Gasteiger partial charge in [0.1, 0.15) is 0 Å². The van der Waals surface area contributed by atoms with Crippen molar-refractivity contribution in [3.8, 4) is 11.4 Å². The zero-order valence-electron chi connectivity index (χ0n) is 18.9. The molecule has 1 aromatic heterocycles. The fourth-order valence-corrected chi connectivity index (χ4v) is 4.69. The molecule has 3 heterocycles. The minimum Gasteiger partial charge on any atom is -0.392 e. The number of β-amino-alcohol motifs (C(OH)–C–C–N with tert-alkyl or cyclic N) is 1. The number of likely N-dealkylation sites (tertiary alicyclic amines) is 1. The van der Waals surface area contributed by atoms with Gasteiger partial charge in [0.25, 0.3) is 0 Å². The van der Waals surface area contributed by atoms with Crippen LogP contribution in [0.3, 0.4) is 0 Å². The standard InChI is InChI=1S/C24H27N7O3/c1-30(23(34)10-15-5-6-16-12-22(33)25-20(16)9-15)21(14-31-8-7-19(32)13-31)17-3-2-4-18(11-17)24-26-28-29-27-24/h2-6,9,11,19,21,32H,7-8,10,12-14H2,1H3,(H,25,33)(H,26,27,28,29)/t19-,21?/m0/s1. The van der Waals surface area contributed by atoms with Crippen LogP contribution in [-0.4, -0.2) is 80.1 Å². The molecule has 176 valence electrons. The third kappa shape index (κ3) is 4.68. The van der Waals surface area contributed by atoms with Crippen molar-refractivity contribution in [1.82, 2.24) is 30.4 Å². The molecule has 0 radical (unpaired) electrons. The van der Waals surface area contributed by atoms with E-state index in [1.807, 2.05) is 49.5 Å². The van der Waals surface area contributed by atoms with Crippen molar-refractivity contribution in [3.63, 3.8) is 0 Å². The van der Waals surface area contributed by atoms with Crippen molar-refractivity contribution in [2.24, 2.45) is 0 Å². The van der Waals surface area contributed by atoms with Gasteiger partial charge >= 0.3 is 0 Å². The van der Waals surface area contributed by atoms with Gasteiger partial charge in [0.2, 0.25) is 17.6 Å². The van der Waals surface area contributed by atoms with Gasteiger partial charge in [0, 0.05) is 37.9 Å². The number of fused-ring (bicyclic) bond motifs is 1. The molecule has 1 unspecified atom stereocenters. The Morgan fingerprint density at radius 2 is 2.18 bits per heavy atom. The first-order chi connectivity index (χ1) is 16.5. The number of nitrogens with zero attached hydrogens (tertiary/aromatic N) is 5. The number of aliphatic hydroxyl groups is 1. The second-order valence-corrected chi connectivity index (χ2v) is 8.98. The molecule has 2 aliphatic rings. The third-order valence-electron chi connectivity index (χ3n) is 6.57. The number of carbonyl (C=O) groups excluding carboxylic acids is 2. The fourth-order valence-electron chi connectivity index (χ4n) is 4.69. The molecule has 3 aromatic rings. The number of likely N-dealkylation sites (N-methyl/N-ethyl adjacent to an activating group) is 1. The number of benzene rings is 2. The number of carbonyl (C=O) groups is 2. The van der Waals surface area contributed by atoms with Crippen LogP contribution in [0.1, 0.15) is 29.2 Å². The zero-order chi connectivity index (χ0) is 23.7. The van der Waals surface area contributed by atoms with E-state index in [-0.39, 0.29) is 30.4 Å². The van der Waals surface area contributed by atoms with E-state index in [0.29, 0.717) is 25.3 Å². The summed E-state index contributed by atoms with van der Waals surface area (Å²) in [4.78, 5) is 29.0. The van der Waals surface area contributed by atoms with E-state index >= 15 is 0 Å². The van der Waals surface area contributed by atoms with Crippen LogP contribution in [0.4, 0.5) is 5.69 Å². The second kappa shape index (κ2) is 9.32. The summed E-state index contributed by atoms with van der Waals surface area (Å²) in [6, 6.07) is 13.3. The Balaban J connectivity index is 1.38. The Morgan fingerprint density at radius 3 is 2.94 bits per heavy atom. The normalized spacial score (nSPS) is 18.5. The highest BCUT2D eigenvalue weighted by molar-refractivity contribution is 5.99. The number of aromatic nitrogens is 4. The Morgan fingerprint density at radius 1 is 1.29 bits per heavy atom. The van der Waals surface area contributed by atoms with E-state index in [2.05, 4.69) is 30.8 Å². The minimum atomic E-state index is -0.339. The number of rotatable bonds is 7. The van der Waals surface area contributed by atoms with Crippen LogP contribution >= 0.6 is 0 Å². The minimum absolute atomic E-state index is 0.0232. The van der Waals surface area contributed by atoms with Gasteiger partial charge in [-0.15, -0.1) is 10.2 Å². The first-order valence-electron chi connectivity index (χ1n) is 11.4. The molecule has 2 aromatic carbocycles. The average molecular weight is 462 g/mol. The van der Waals surface area contributed by atoms with E-state index in [4.69, 9.17) is 0 Å². The number of H-pyrrole nitrogens is 1. The number of amides is 2.